The third-order valence-corrected chi connectivity index (χ3v) is 3.30. The Balaban J connectivity index is 2.80. The molecule has 0 aromatic carbocycles. The van der Waals surface area contributed by atoms with E-state index in [1.807, 2.05) is 0 Å². The van der Waals surface area contributed by atoms with Crippen LogP contribution in [0.3, 0.4) is 0 Å². The van der Waals surface area contributed by atoms with Crippen LogP contribution in [0, 0.1) is 30.1 Å². The van der Waals surface area contributed by atoms with Crippen molar-refractivity contribution in [3.05, 3.63) is 0 Å². The second kappa shape index (κ2) is 3.72. The van der Waals surface area contributed by atoms with Gasteiger partial charge >= 0.3 is 0 Å². The van der Waals surface area contributed by atoms with E-state index >= 15 is 0 Å². The zero-order chi connectivity index (χ0) is 10.1. The van der Waals surface area contributed by atoms with Gasteiger partial charge in [0.05, 0.1) is 0 Å². The van der Waals surface area contributed by atoms with Crippen LogP contribution < -0.4 is 0 Å². The first-order chi connectivity index (χ1) is 5.99. The van der Waals surface area contributed by atoms with Crippen molar-refractivity contribution < 1.29 is 5.11 Å². The molecule has 0 aromatic rings. The fourth-order valence-corrected chi connectivity index (χ4v) is 2.54. The van der Waals surface area contributed by atoms with Gasteiger partial charge in [0.15, 0.2) is 0 Å². The minimum absolute atomic E-state index is 0.286. The Morgan fingerprint density at radius 1 is 1.46 bits per heavy atom. The molecule has 1 unspecified atom stereocenters. The number of hydrogen-bond acceptors (Lipinski definition) is 1. The molecule has 1 rings (SSSR count). The lowest BCUT2D eigenvalue weighted by molar-refractivity contribution is -0.0325. The maximum absolute atomic E-state index is 10.2. The van der Waals surface area contributed by atoms with Crippen molar-refractivity contribution in [3.8, 4) is 12.3 Å². The van der Waals surface area contributed by atoms with Crippen LogP contribution in [0.15, 0.2) is 0 Å². The van der Waals surface area contributed by atoms with E-state index in [0.717, 1.165) is 12.8 Å². The van der Waals surface area contributed by atoms with Crippen molar-refractivity contribution in [1.29, 1.82) is 0 Å². The summed E-state index contributed by atoms with van der Waals surface area (Å²) < 4.78 is 0. The van der Waals surface area contributed by atoms with E-state index in [4.69, 9.17) is 6.42 Å². The number of terminal acetylenes is 1. The topological polar surface area (TPSA) is 20.2 Å². The fraction of sp³-hybridized carbons (Fsp3) is 0.833. The molecule has 0 radical (unpaired) electrons. The van der Waals surface area contributed by atoms with Gasteiger partial charge in [-0.2, -0.15) is 0 Å². The van der Waals surface area contributed by atoms with Crippen molar-refractivity contribution in [2.24, 2.45) is 17.8 Å². The summed E-state index contributed by atoms with van der Waals surface area (Å²) in [5.74, 6) is 3.93. The monoisotopic (exact) mass is 180 g/mol. The third-order valence-electron chi connectivity index (χ3n) is 3.30. The second-order valence-corrected chi connectivity index (χ2v) is 4.81. The highest BCUT2D eigenvalue weighted by Gasteiger charge is 2.41. The average Bonchev–Trinajstić information content (AvgIpc) is 2.03. The van der Waals surface area contributed by atoms with Crippen LogP contribution in [-0.4, -0.2) is 10.7 Å². The third kappa shape index (κ3) is 2.06. The van der Waals surface area contributed by atoms with Crippen LogP contribution in [0.1, 0.15) is 40.0 Å². The van der Waals surface area contributed by atoms with Gasteiger partial charge in [-0.3, -0.25) is 0 Å². The van der Waals surface area contributed by atoms with Gasteiger partial charge in [-0.1, -0.05) is 33.1 Å². The molecule has 0 spiro atoms. The van der Waals surface area contributed by atoms with Crippen LogP contribution in [0.4, 0.5) is 0 Å². The normalized spacial score (nSPS) is 40.3. The quantitative estimate of drug-likeness (QED) is 0.614. The van der Waals surface area contributed by atoms with E-state index in [1.54, 1.807) is 0 Å². The molecule has 0 aliphatic heterocycles. The standard InChI is InChI=1S/C12H20O/c1-5-12(13)8-10(4)6-7-11(12)9(2)3/h1,9-11,13H,6-8H2,2-4H3/t10-,11?,12+/m0/s1. The highest BCUT2D eigenvalue weighted by Crippen LogP contribution is 2.40. The molecule has 0 aromatic heterocycles. The van der Waals surface area contributed by atoms with E-state index < -0.39 is 5.60 Å². The molecular formula is C12H20O. The molecule has 1 aliphatic rings. The van der Waals surface area contributed by atoms with Gasteiger partial charge < -0.3 is 5.11 Å². The molecule has 1 saturated carbocycles. The molecule has 3 atom stereocenters. The van der Waals surface area contributed by atoms with E-state index in [0.29, 0.717) is 11.8 Å². The van der Waals surface area contributed by atoms with Crippen LogP contribution in [-0.2, 0) is 0 Å². The van der Waals surface area contributed by atoms with E-state index in [9.17, 15) is 5.11 Å². The molecule has 1 nitrogen and oxygen atoms in total. The van der Waals surface area contributed by atoms with Crippen molar-refractivity contribution >= 4 is 0 Å². The molecule has 1 aliphatic carbocycles. The Hall–Kier alpha value is -0.480. The minimum Gasteiger partial charge on any atom is -0.377 e. The van der Waals surface area contributed by atoms with Crippen molar-refractivity contribution in [3.63, 3.8) is 0 Å². The van der Waals surface area contributed by atoms with E-state index in [-0.39, 0.29) is 5.92 Å². The molecule has 0 saturated heterocycles. The zero-order valence-electron chi connectivity index (χ0n) is 8.88. The van der Waals surface area contributed by atoms with Gasteiger partial charge in [-0.15, -0.1) is 6.42 Å². The maximum Gasteiger partial charge on any atom is 0.128 e. The molecule has 74 valence electrons. The summed E-state index contributed by atoms with van der Waals surface area (Å²) in [7, 11) is 0. The van der Waals surface area contributed by atoms with Gasteiger partial charge in [0, 0.05) is 5.92 Å². The SMILES string of the molecule is C#C[C@@]1(O)C[C@@H](C)CCC1C(C)C. The van der Waals surface area contributed by atoms with Crippen LogP contribution in [0.2, 0.25) is 0 Å². The summed E-state index contributed by atoms with van der Waals surface area (Å²) in [6, 6.07) is 0. The summed E-state index contributed by atoms with van der Waals surface area (Å²) in [6.45, 7) is 6.45. The first-order valence-electron chi connectivity index (χ1n) is 5.19. The average molecular weight is 180 g/mol. The summed E-state index contributed by atoms with van der Waals surface area (Å²) in [5.41, 5.74) is -0.841. The zero-order valence-corrected chi connectivity index (χ0v) is 8.88. The highest BCUT2D eigenvalue weighted by molar-refractivity contribution is 5.13. The van der Waals surface area contributed by atoms with Gasteiger partial charge in [0.1, 0.15) is 5.60 Å². The highest BCUT2D eigenvalue weighted by atomic mass is 16.3. The summed E-state index contributed by atoms with van der Waals surface area (Å²) in [5, 5.41) is 10.2. The van der Waals surface area contributed by atoms with Crippen molar-refractivity contribution in [1.82, 2.24) is 0 Å². The first-order valence-corrected chi connectivity index (χ1v) is 5.19. The Morgan fingerprint density at radius 2 is 2.08 bits per heavy atom. The number of aliphatic hydroxyl groups is 1. The Bertz CT molecular complexity index is 214. The molecule has 1 heteroatoms. The first kappa shape index (κ1) is 10.6. The van der Waals surface area contributed by atoms with Crippen LogP contribution >= 0.6 is 0 Å². The van der Waals surface area contributed by atoms with Crippen molar-refractivity contribution in [2.45, 2.75) is 45.6 Å². The number of hydrogen-bond donors (Lipinski definition) is 1. The Labute approximate surface area is 81.5 Å². The molecule has 0 heterocycles. The molecule has 1 N–H and O–H groups in total. The van der Waals surface area contributed by atoms with Gasteiger partial charge in [0.2, 0.25) is 0 Å². The molecule has 13 heavy (non-hydrogen) atoms. The number of rotatable bonds is 1. The van der Waals surface area contributed by atoms with E-state index in [1.165, 1.54) is 6.42 Å². The molecule has 0 bridgehead atoms. The predicted molar refractivity (Wildman–Crippen MR) is 55.1 cm³/mol. The van der Waals surface area contributed by atoms with Crippen LogP contribution in [0.5, 0.6) is 0 Å². The Morgan fingerprint density at radius 3 is 2.54 bits per heavy atom. The maximum atomic E-state index is 10.2. The summed E-state index contributed by atoms with van der Waals surface area (Å²) in [4.78, 5) is 0. The lowest BCUT2D eigenvalue weighted by Crippen LogP contribution is -2.44. The Kier molecular flexibility index (Phi) is 3.03. The van der Waals surface area contributed by atoms with Crippen molar-refractivity contribution in [2.75, 3.05) is 0 Å². The van der Waals surface area contributed by atoms with E-state index in [2.05, 4.69) is 26.7 Å². The summed E-state index contributed by atoms with van der Waals surface area (Å²) >= 11 is 0. The fourth-order valence-electron chi connectivity index (χ4n) is 2.54. The molecule has 0 amide bonds. The largest absolute Gasteiger partial charge is 0.377 e. The lowest BCUT2D eigenvalue weighted by atomic mass is 9.67. The minimum atomic E-state index is -0.841. The van der Waals surface area contributed by atoms with Crippen LogP contribution in [0.25, 0.3) is 0 Å². The summed E-state index contributed by atoms with van der Waals surface area (Å²) in [6.07, 6.45) is 8.47. The van der Waals surface area contributed by atoms with Gasteiger partial charge in [0.25, 0.3) is 0 Å². The molecule has 1 fully saturated rings. The van der Waals surface area contributed by atoms with Gasteiger partial charge in [-0.25, -0.2) is 0 Å². The molecular weight excluding hydrogens is 160 g/mol. The predicted octanol–water partition coefficient (Wildman–Crippen LogP) is 2.44. The lowest BCUT2D eigenvalue weighted by Gasteiger charge is -2.41. The smallest absolute Gasteiger partial charge is 0.128 e. The second-order valence-electron chi connectivity index (χ2n) is 4.81. The van der Waals surface area contributed by atoms with Gasteiger partial charge in [-0.05, 0) is 24.7 Å².